The Hall–Kier alpha value is -1.95. The summed E-state index contributed by atoms with van der Waals surface area (Å²) in [7, 11) is 0. The van der Waals surface area contributed by atoms with E-state index in [1.807, 2.05) is 6.92 Å². The van der Waals surface area contributed by atoms with Gasteiger partial charge in [-0.25, -0.2) is 4.39 Å². The fourth-order valence-corrected chi connectivity index (χ4v) is 1.40. The van der Waals surface area contributed by atoms with Crippen molar-refractivity contribution in [1.82, 2.24) is 10.1 Å². The summed E-state index contributed by atoms with van der Waals surface area (Å²) in [4.78, 5) is 4.11. The Morgan fingerprint density at radius 3 is 3.00 bits per heavy atom. The normalized spacial score (nSPS) is 10.8. The van der Waals surface area contributed by atoms with Crippen LogP contribution in [0.15, 0.2) is 22.7 Å². The molecule has 1 aromatic carbocycles. The van der Waals surface area contributed by atoms with Crippen LogP contribution < -0.4 is 5.73 Å². The highest BCUT2D eigenvalue weighted by Gasteiger charge is 2.10. The van der Waals surface area contributed by atoms with E-state index in [0.29, 0.717) is 18.0 Å². The molecule has 0 radical (unpaired) electrons. The van der Waals surface area contributed by atoms with E-state index in [0.717, 1.165) is 6.42 Å². The summed E-state index contributed by atoms with van der Waals surface area (Å²) < 4.78 is 23.6. The zero-order chi connectivity index (χ0) is 13.0. The van der Waals surface area contributed by atoms with E-state index >= 15 is 0 Å². The molecule has 2 rings (SSSR count). The number of hydrogen-bond donors (Lipinski definition) is 1. The van der Waals surface area contributed by atoms with Crippen molar-refractivity contribution in [3.63, 3.8) is 0 Å². The number of halogens is 1. The molecule has 0 bridgehead atoms. The van der Waals surface area contributed by atoms with Crippen LogP contribution in [0.25, 0.3) is 11.5 Å². The standard InChI is InChI=1S/C12H14FN3O2/c1-2-5-17-7-11-15-12(18-16-11)8-3-4-10(14)9(13)6-8/h3-4,6H,2,5,7,14H2,1H3. The molecule has 1 aromatic heterocycles. The predicted octanol–water partition coefficient (Wildman–Crippen LogP) is 2.38. The Balaban J connectivity index is 2.11. The minimum Gasteiger partial charge on any atom is -0.396 e. The smallest absolute Gasteiger partial charge is 0.258 e. The SMILES string of the molecule is CCCOCc1noc(-c2ccc(N)c(F)c2)n1. The molecule has 0 spiro atoms. The fourth-order valence-electron chi connectivity index (χ4n) is 1.40. The zero-order valence-corrected chi connectivity index (χ0v) is 10.0. The van der Waals surface area contributed by atoms with E-state index in [4.69, 9.17) is 15.0 Å². The summed E-state index contributed by atoms with van der Waals surface area (Å²) in [6.07, 6.45) is 0.924. The van der Waals surface area contributed by atoms with Crippen LogP contribution in [0.1, 0.15) is 19.2 Å². The molecule has 0 aliphatic heterocycles. The molecule has 18 heavy (non-hydrogen) atoms. The molecule has 6 heteroatoms. The van der Waals surface area contributed by atoms with Gasteiger partial charge in [-0.05, 0) is 24.6 Å². The summed E-state index contributed by atoms with van der Waals surface area (Å²) >= 11 is 0. The molecule has 0 amide bonds. The van der Waals surface area contributed by atoms with Crippen molar-refractivity contribution in [3.05, 3.63) is 29.8 Å². The summed E-state index contributed by atoms with van der Waals surface area (Å²) in [6, 6.07) is 4.35. The highest BCUT2D eigenvalue weighted by atomic mass is 19.1. The average molecular weight is 251 g/mol. The molecule has 96 valence electrons. The van der Waals surface area contributed by atoms with Crippen molar-refractivity contribution in [2.75, 3.05) is 12.3 Å². The van der Waals surface area contributed by atoms with E-state index in [1.54, 1.807) is 6.07 Å². The summed E-state index contributed by atoms with van der Waals surface area (Å²) in [5, 5.41) is 3.75. The summed E-state index contributed by atoms with van der Waals surface area (Å²) in [5.74, 6) is 0.189. The van der Waals surface area contributed by atoms with Crippen molar-refractivity contribution in [3.8, 4) is 11.5 Å². The van der Waals surface area contributed by atoms with Gasteiger partial charge in [-0.1, -0.05) is 12.1 Å². The van der Waals surface area contributed by atoms with Crippen LogP contribution in [0.2, 0.25) is 0 Å². The van der Waals surface area contributed by atoms with Gasteiger partial charge in [-0.3, -0.25) is 0 Å². The van der Waals surface area contributed by atoms with Crippen LogP contribution in [0.4, 0.5) is 10.1 Å². The Kier molecular flexibility index (Phi) is 3.88. The molecule has 0 atom stereocenters. The molecule has 0 unspecified atom stereocenters. The van der Waals surface area contributed by atoms with Crippen LogP contribution in [0.3, 0.4) is 0 Å². The van der Waals surface area contributed by atoms with Crippen LogP contribution in [-0.4, -0.2) is 16.7 Å². The first-order chi connectivity index (χ1) is 8.70. The largest absolute Gasteiger partial charge is 0.396 e. The summed E-state index contributed by atoms with van der Waals surface area (Å²) in [6.45, 7) is 2.94. The van der Waals surface area contributed by atoms with Crippen LogP contribution in [0, 0.1) is 5.82 Å². The highest BCUT2D eigenvalue weighted by molar-refractivity contribution is 5.57. The van der Waals surface area contributed by atoms with Gasteiger partial charge >= 0.3 is 0 Å². The second-order valence-corrected chi connectivity index (χ2v) is 3.80. The number of rotatable bonds is 5. The molecule has 2 N–H and O–H groups in total. The van der Waals surface area contributed by atoms with Crippen molar-refractivity contribution < 1.29 is 13.7 Å². The lowest BCUT2D eigenvalue weighted by molar-refractivity contribution is 0.114. The highest BCUT2D eigenvalue weighted by Crippen LogP contribution is 2.21. The third-order valence-corrected chi connectivity index (χ3v) is 2.30. The first-order valence-corrected chi connectivity index (χ1v) is 5.66. The number of anilines is 1. The van der Waals surface area contributed by atoms with E-state index in [-0.39, 0.29) is 18.2 Å². The van der Waals surface area contributed by atoms with Gasteiger partial charge in [-0.2, -0.15) is 4.98 Å². The Morgan fingerprint density at radius 1 is 1.44 bits per heavy atom. The van der Waals surface area contributed by atoms with Gasteiger partial charge < -0.3 is 15.0 Å². The van der Waals surface area contributed by atoms with Gasteiger partial charge in [0.25, 0.3) is 5.89 Å². The number of nitrogens with two attached hydrogens (primary N) is 1. The minimum atomic E-state index is -0.505. The van der Waals surface area contributed by atoms with Crippen molar-refractivity contribution in [2.24, 2.45) is 0 Å². The van der Waals surface area contributed by atoms with Gasteiger partial charge in [-0.15, -0.1) is 0 Å². The van der Waals surface area contributed by atoms with Crippen molar-refractivity contribution in [1.29, 1.82) is 0 Å². The van der Waals surface area contributed by atoms with Gasteiger partial charge in [0.2, 0.25) is 0 Å². The second-order valence-electron chi connectivity index (χ2n) is 3.80. The number of benzene rings is 1. The third-order valence-electron chi connectivity index (χ3n) is 2.30. The average Bonchev–Trinajstić information content (AvgIpc) is 2.82. The van der Waals surface area contributed by atoms with Gasteiger partial charge in [0.15, 0.2) is 5.82 Å². The lowest BCUT2D eigenvalue weighted by atomic mass is 10.2. The fraction of sp³-hybridized carbons (Fsp3) is 0.333. The predicted molar refractivity (Wildman–Crippen MR) is 64.1 cm³/mol. The molecule has 0 fully saturated rings. The first kappa shape index (κ1) is 12.5. The maximum atomic E-state index is 13.3. The van der Waals surface area contributed by atoms with Crippen LogP contribution in [-0.2, 0) is 11.3 Å². The molecular formula is C12H14FN3O2. The lowest BCUT2D eigenvalue weighted by Crippen LogP contribution is -1.95. The molecule has 0 aliphatic rings. The second kappa shape index (κ2) is 5.59. The molecule has 5 nitrogen and oxygen atoms in total. The van der Waals surface area contributed by atoms with Crippen LogP contribution >= 0.6 is 0 Å². The Morgan fingerprint density at radius 2 is 2.28 bits per heavy atom. The van der Waals surface area contributed by atoms with Gasteiger partial charge in [0.1, 0.15) is 12.4 Å². The number of aromatic nitrogens is 2. The van der Waals surface area contributed by atoms with Crippen molar-refractivity contribution in [2.45, 2.75) is 20.0 Å². The molecule has 0 saturated carbocycles. The van der Waals surface area contributed by atoms with Gasteiger partial charge in [0.05, 0.1) is 5.69 Å². The summed E-state index contributed by atoms with van der Waals surface area (Å²) in [5.41, 5.74) is 5.98. The zero-order valence-electron chi connectivity index (χ0n) is 10.0. The number of ether oxygens (including phenoxy) is 1. The minimum absolute atomic E-state index is 0.0877. The third kappa shape index (κ3) is 2.84. The quantitative estimate of drug-likeness (QED) is 0.652. The van der Waals surface area contributed by atoms with Crippen LogP contribution in [0.5, 0.6) is 0 Å². The van der Waals surface area contributed by atoms with E-state index in [1.165, 1.54) is 12.1 Å². The number of nitrogen functional groups attached to an aromatic ring is 1. The first-order valence-electron chi connectivity index (χ1n) is 5.66. The van der Waals surface area contributed by atoms with Gasteiger partial charge in [0, 0.05) is 12.2 Å². The Bertz CT molecular complexity index is 528. The lowest BCUT2D eigenvalue weighted by Gasteiger charge is -1.97. The molecular weight excluding hydrogens is 237 g/mol. The maximum Gasteiger partial charge on any atom is 0.258 e. The van der Waals surface area contributed by atoms with E-state index in [9.17, 15) is 4.39 Å². The molecule has 0 aliphatic carbocycles. The molecule has 0 saturated heterocycles. The maximum absolute atomic E-state index is 13.3. The molecule has 2 aromatic rings. The monoisotopic (exact) mass is 251 g/mol. The topological polar surface area (TPSA) is 74.2 Å². The van der Waals surface area contributed by atoms with Crippen molar-refractivity contribution >= 4 is 5.69 Å². The molecule has 1 heterocycles. The van der Waals surface area contributed by atoms with E-state index < -0.39 is 5.82 Å². The number of hydrogen-bond acceptors (Lipinski definition) is 5. The Labute approximate surface area is 104 Å². The van der Waals surface area contributed by atoms with E-state index in [2.05, 4.69) is 10.1 Å². The number of nitrogens with zero attached hydrogens (tertiary/aromatic N) is 2.